The molecule has 0 radical (unpaired) electrons. The summed E-state index contributed by atoms with van der Waals surface area (Å²) in [4.78, 5) is 8.52. The Morgan fingerprint density at radius 2 is 1.93 bits per heavy atom. The predicted octanol–water partition coefficient (Wildman–Crippen LogP) is 4.04. The molecule has 0 saturated heterocycles. The van der Waals surface area contributed by atoms with E-state index in [4.69, 9.17) is 4.98 Å². The molecule has 28 heavy (non-hydrogen) atoms. The van der Waals surface area contributed by atoms with E-state index in [2.05, 4.69) is 9.55 Å². The zero-order valence-electron chi connectivity index (χ0n) is 15.9. The lowest BCUT2D eigenvalue weighted by Crippen LogP contribution is -2.10. The molecule has 2 heterocycles. The van der Waals surface area contributed by atoms with Gasteiger partial charge in [0.15, 0.2) is 9.84 Å². The third-order valence-electron chi connectivity index (χ3n) is 5.79. The van der Waals surface area contributed by atoms with Crippen LogP contribution in [-0.4, -0.2) is 29.2 Å². The van der Waals surface area contributed by atoms with E-state index in [-0.39, 0.29) is 0 Å². The summed E-state index contributed by atoms with van der Waals surface area (Å²) in [6, 6.07) is 13.7. The number of rotatable bonds is 4. The zero-order chi connectivity index (χ0) is 19.3. The van der Waals surface area contributed by atoms with Crippen LogP contribution in [0.25, 0.3) is 21.9 Å². The van der Waals surface area contributed by atoms with E-state index in [0.29, 0.717) is 4.90 Å². The van der Waals surface area contributed by atoms with E-state index >= 15 is 0 Å². The summed E-state index contributed by atoms with van der Waals surface area (Å²) in [7, 11) is -3.21. The van der Waals surface area contributed by atoms with Gasteiger partial charge in [0.05, 0.1) is 15.9 Å². The van der Waals surface area contributed by atoms with Gasteiger partial charge in [0.25, 0.3) is 0 Å². The minimum Gasteiger partial charge on any atom is -0.344 e. The molecule has 0 amide bonds. The number of H-pyrrole nitrogens is 1. The Labute approximate surface area is 164 Å². The lowest BCUT2D eigenvalue weighted by molar-refractivity contribution is 0.602. The van der Waals surface area contributed by atoms with Crippen molar-refractivity contribution in [2.45, 2.75) is 43.5 Å². The second-order valence-corrected chi connectivity index (χ2v) is 9.70. The van der Waals surface area contributed by atoms with Crippen LogP contribution in [-0.2, 0) is 35.6 Å². The second-order valence-electron chi connectivity index (χ2n) is 7.69. The van der Waals surface area contributed by atoms with Crippen molar-refractivity contribution in [3.63, 3.8) is 0 Å². The van der Waals surface area contributed by atoms with Crippen LogP contribution in [0, 0.1) is 0 Å². The van der Waals surface area contributed by atoms with Gasteiger partial charge in [0.2, 0.25) is 0 Å². The molecular weight excluding hydrogens is 370 g/mol. The minimum absolute atomic E-state index is 0.405. The summed E-state index contributed by atoms with van der Waals surface area (Å²) in [5.41, 5.74) is 5.89. The molecule has 144 valence electrons. The van der Waals surface area contributed by atoms with Crippen LogP contribution in [0.2, 0.25) is 0 Å². The van der Waals surface area contributed by atoms with Crippen LogP contribution >= 0.6 is 0 Å². The molecule has 5 rings (SSSR count). The summed E-state index contributed by atoms with van der Waals surface area (Å²) in [6.07, 6.45) is 6.53. The summed E-state index contributed by atoms with van der Waals surface area (Å²) in [5, 5.41) is 1.10. The van der Waals surface area contributed by atoms with Crippen LogP contribution in [0.3, 0.4) is 0 Å². The highest BCUT2D eigenvalue weighted by atomic mass is 32.2. The number of imidazole rings is 1. The molecule has 2 aromatic carbocycles. The maximum Gasteiger partial charge on any atom is 0.175 e. The highest BCUT2D eigenvalue weighted by Crippen LogP contribution is 2.33. The average Bonchev–Trinajstić information content (AvgIpc) is 3.24. The van der Waals surface area contributed by atoms with Crippen molar-refractivity contribution in [3.05, 3.63) is 59.5 Å². The van der Waals surface area contributed by atoms with E-state index in [1.54, 1.807) is 6.07 Å². The van der Waals surface area contributed by atoms with E-state index < -0.39 is 9.84 Å². The molecule has 1 aliphatic carbocycles. The number of hydrogen-bond donors (Lipinski definition) is 1. The summed E-state index contributed by atoms with van der Waals surface area (Å²) < 4.78 is 26.4. The third-order valence-corrected chi connectivity index (χ3v) is 6.90. The van der Waals surface area contributed by atoms with Gasteiger partial charge < -0.3 is 9.55 Å². The van der Waals surface area contributed by atoms with Gasteiger partial charge in [-0.2, -0.15) is 0 Å². The molecule has 0 bridgehead atoms. The first kappa shape index (κ1) is 17.5. The molecule has 6 heteroatoms. The molecule has 5 nitrogen and oxygen atoms in total. The highest BCUT2D eigenvalue weighted by molar-refractivity contribution is 7.90. The molecule has 1 aliphatic rings. The Hall–Kier alpha value is -2.60. The Morgan fingerprint density at radius 1 is 1.11 bits per heavy atom. The topological polar surface area (TPSA) is 67.8 Å². The van der Waals surface area contributed by atoms with Gasteiger partial charge in [-0.15, -0.1) is 0 Å². The monoisotopic (exact) mass is 393 g/mol. The van der Waals surface area contributed by atoms with Gasteiger partial charge in [0.1, 0.15) is 5.82 Å². The highest BCUT2D eigenvalue weighted by Gasteiger charge is 2.21. The molecule has 0 unspecified atom stereocenters. The molecule has 0 atom stereocenters. The van der Waals surface area contributed by atoms with Gasteiger partial charge in [-0.1, -0.05) is 12.1 Å². The van der Waals surface area contributed by atoms with Gasteiger partial charge in [-0.25, -0.2) is 13.4 Å². The van der Waals surface area contributed by atoms with Crippen molar-refractivity contribution in [1.82, 2.24) is 14.5 Å². The van der Waals surface area contributed by atoms with Crippen molar-refractivity contribution in [2.24, 2.45) is 0 Å². The average molecular weight is 394 g/mol. The summed E-state index contributed by atoms with van der Waals surface area (Å²) >= 11 is 0. The van der Waals surface area contributed by atoms with Crippen LogP contribution in [0.4, 0.5) is 0 Å². The first-order valence-corrected chi connectivity index (χ1v) is 11.7. The maximum atomic E-state index is 12.0. The number of aromatic nitrogens is 3. The molecule has 0 saturated carbocycles. The van der Waals surface area contributed by atoms with Crippen molar-refractivity contribution in [1.29, 1.82) is 0 Å². The lowest BCUT2D eigenvalue weighted by atomic mass is 9.95. The van der Waals surface area contributed by atoms with Crippen LogP contribution in [0.15, 0.2) is 47.4 Å². The van der Waals surface area contributed by atoms with Crippen LogP contribution in [0.5, 0.6) is 0 Å². The molecule has 0 spiro atoms. The first-order chi connectivity index (χ1) is 13.5. The van der Waals surface area contributed by atoms with Crippen molar-refractivity contribution in [2.75, 3.05) is 6.26 Å². The van der Waals surface area contributed by atoms with E-state index in [0.717, 1.165) is 53.6 Å². The molecule has 1 N–H and O–H groups in total. The van der Waals surface area contributed by atoms with Crippen LogP contribution in [0.1, 0.15) is 29.9 Å². The fourth-order valence-corrected chi connectivity index (χ4v) is 5.09. The minimum atomic E-state index is -3.21. The van der Waals surface area contributed by atoms with Gasteiger partial charge in [-0.3, -0.25) is 0 Å². The number of para-hydroxylation sites is 2. The van der Waals surface area contributed by atoms with Crippen molar-refractivity contribution in [3.8, 4) is 0 Å². The van der Waals surface area contributed by atoms with E-state index in [9.17, 15) is 8.42 Å². The SMILES string of the molecule is CS(=O)(=O)c1ccc2c(c1)c1c(n2CCc2nc3ccccc3[nH]2)CCCC1. The summed E-state index contributed by atoms with van der Waals surface area (Å²) in [6.45, 7) is 0.837. The van der Waals surface area contributed by atoms with Gasteiger partial charge in [-0.05, 0) is 61.6 Å². The summed E-state index contributed by atoms with van der Waals surface area (Å²) in [5.74, 6) is 0.986. The van der Waals surface area contributed by atoms with E-state index in [1.807, 2.05) is 36.4 Å². The predicted molar refractivity (Wildman–Crippen MR) is 111 cm³/mol. The quantitative estimate of drug-likeness (QED) is 0.569. The molecule has 0 fully saturated rings. The number of nitrogens with one attached hydrogen (secondary N) is 1. The number of aryl methyl sites for hydroxylation is 3. The van der Waals surface area contributed by atoms with Gasteiger partial charge in [0, 0.05) is 35.8 Å². The smallest absolute Gasteiger partial charge is 0.175 e. The molecule has 4 aromatic rings. The Kier molecular flexibility index (Phi) is 4.05. The normalized spacial score (nSPS) is 14.6. The Balaban J connectivity index is 1.56. The van der Waals surface area contributed by atoms with Crippen molar-refractivity contribution >= 4 is 31.8 Å². The number of benzene rings is 2. The first-order valence-electron chi connectivity index (χ1n) is 9.78. The number of nitrogens with zero attached hydrogens (tertiary/aromatic N) is 2. The maximum absolute atomic E-state index is 12.0. The largest absolute Gasteiger partial charge is 0.344 e. The molecular formula is C22H23N3O2S. The fourth-order valence-electron chi connectivity index (χ4n) is 4.44. The molecule has 0 aliphatic heterocycles. The third kappa shape index (κ3) is 2.92. The van der Waals surface area contributed by atoms with Gasteiger partial charge >= 0.3 is 0 Å². The fraction of sp³-hybridized carbons (Fsp3) is 0.318. The standard InChI is InChI=1S/C22H23N3O2S/c1-28(26,27)15-10-11-21-17(14-15)16-6-2-5-9-20(16)25(21)13-12-22-23-18-7-3-4-8-19(18)24-22/h3-4,7-8,10-11,14H,2,5-6,9,12-13H2,1H3,(H,23,24). The number of hydrogen-bond acceptors (Lipinski definition) is 3. The Morgan fingerprint density at radius 3 is 2.75 bits per heavy atom. The number of fused-ring (bicyclic) bond motifs is 4. The molecule has 2 aromatic heterocycles. The van der Waals surface area contributed by atoms with E-state index in [1.165, 1.54) is 30.4 Å². The lowest BCUT2D eigenvalue weighted by Gasteiger charge is -2.15. The van der Waals surface area contributed by atoms with Crippen molar-refractivity contribution < 1.29 is 8.42 Å². The number of sulfone groups is 1. The Bertz CT molecular complexity index is 1270. The number of aromatic amines is 1. The zero-order valence-corrected chi connectivity index (χ0v) is 16.7. The second kappa shape index (κ2) is 6.48. The van der Waals surface area contributed by atoms with Crippen LogP contribution < -0.4 is 0 Å².